The summed E-state index contributed by atoms with van der Waals surface area (Å²) in [6, 6.07) is 4.11. The van der Waals surface area contributed by atoms with Gasteiger partial charge in [0.15, 0.2) is 0 Å². The molecule has 3 N–H and O–H groups in total. The third-order valence-corrected chi connectivity index (χ3v) is 3.62. The Morgan fingerprint density at radius 2 is 2.20 bits per heavy atom. The zero-order valence-electron chi connectivity index (χ0n) is 10.7. The fraction of sp³-hybridized carbons (Fsp3) is 0.385. The summed E-state index contributed by atoms with van der Waals surface area (Å²) < 4.78 is 5.80. The van der Waals surface area contributed by atoms with Gasteiger partial charge in [-0.25, -0.2) is 9.59 Å². The molecule has 0 saturated carbocycles. The number of anilines is 1. The highest BCUT2D eigenvalue weighted by Gasteiger charge is 2.16. The molecule has 2 rings (SSSR count). The van der Waals surface area contributed by atoms with Crippen molar-refractivity contribution in [2.75, 3.05) is 18.5 Å². The second-order valence-electron chi connectivity index (χ2n) is 4.51. The largest absolute Gasteiger partial charge is 0.478 e. The van der Waals surface area contributed by atoms with Crippen LogP contribution in [0, 0.1) is 0 Å². The molecule has 0 spiro atoms. The lowest BCUT2D eigenvalue weighted by Crippen LogP contribution is -2.42. The molecule has 6 nitrogen and oxygen atoms in total. The lowest BCUT2D eigenvalue weighted by molar-refractivity contribution is 0.0697. The van der Waals surface area contributed by atoms with E-state index in [-0.39, 0.29) is 17.6 Å². The standard InChI is InChI=1S/C13H15BrN2O4/c14-10-6-8(12(17)18)3-4-11(10)16-13(19)15-9-2-1-5-20-7-9/h3-4,6,9H,1-2,5,7H2,(H,17,18)(H2,15,16,19). The topological polar surface area (TPSA) is 87.7 Å². The molecule has 1 aliphatic heterocycles. The molecule has 1 aliphatic rings. The van der Waals surface area contributed by atoms with E-state index >= 15 is 0 Å². The minimum Gasteiger partial charge on any atom is -0.478 e. The van der Waals surface area contributed by atoms with Crippen LogP contribution >= 0.6 is 15.9 Å². The van der Waals surface area contributed by atoms with E-state index in [0.717, 1.165) is 19.4 Å². The van der Waals surface area contributed by atoms with E-state index in [0.29, 0.717) is 16.8 Å². The number of hydrogen-bond acceptors (Lipinski definition) is 3. The van der Waals surface area contributed by atoms with E-state index in [1.54, 1.807) is 6.07 Å². The van der Waals surface area contributed by atoms with E-state index < -0.39 is 5.97 Å². The number of benzene rings is 1. The number of urea groups is 1. The first-order chi connectivity index (χ1) is 9.56. The van der Waals surface area contributed by atoms with Gasteiger partial charge in [-0.2, -0.15) is 0 Å². The van der Waals surface area contributed by atoms with E-state index in [4.69, 9.17) is 9.84 Å². The molecule has 1 saturated heterocycles. The molecule has 1 unspecified atom stereocenters. The molecule has 20 heavy (non-hydrogen) atoms. The average molecular weight is 343 g/mol. The van der Waals surface area contributed by atoms with Crippen molar-refractivity contribution >= 4 is 33.6 Å². The lowest BCUT2D eigenvalue weighted by Gasteiger charge is -2.23. The third kappa shape index (κ3) is 3.94. The Morgan fingerprint density at radius 1 is 1.40 bits per heavy atom. The Labute approximate surface area is 124 Å². The molecule has 1 heterocycles. The van der Waals surface area contributed by atoms with E-state index in [2.05, 4.69) is 26.6 Å². The van der Waals surface area contributed by atoms with Crippen molar-refractivity contribution in [2.24, 2.45) is 0 Å². The number of aromatic carboxylic acids is 1. The number of nitrogens with one attached hydrogen (secondary N) is 2. The van der Waals surface area contributed by atoms with E-state index in [1.165, 1.54) is 12.1 Å². The maximum absolute atomic E-state index is 11.8. The number of rotatable bonds is 3. The van der Waals surface area contributed by atoms with Crippen molar-refractivity contribution < 1.29 is 19.4 Å². The first-order valence-electron chi connectivity index (χ1n) is 6.24. The minimum atomic E-state index is -1.01. The number of carbonyl (C=O) groups is 2. The minimum absolute atomic E-state index is 0.0146. The SMILES string of the molecule is O=C(Nc1ccc(C(=O)O)cc1Br)NC1CCCOC1. The van der Waals surface area contributed by atoms with Gasteiger partial charge in [0.25, 0.3) is 0 Å². The van der Waals surface area contributed by atoms with Crippen LogP contribution in [-0.2, 0) is 4.74 Å². The zero-order valence-corrected chi connectivity index (χ0v) is 12.3. The van der Waals surface area contributed by atoms with Crippen LogP contribution in [-0.4, -0.2) is 36.4 Å². The Morgan fingerprint density at radius 3 is 2.80 bits per heavy atom. The van der Waals surface area contributed by atoms with Gasteiger partial charge in [-0.15, -0.1) is 0 Å². The number of ether oxygens (including phenoxy) is 1. The average Bonchev–Trinajstić information content (AvgIpc) is 2.42. The highest BCUT2D eigenvalue weighted by molar-refractivity contribution is 9.10. The number of carbonyl (C=O) groups excluding carboxylic acids is 1. The van der Waals surface area contributed by atoms with Crippen LogP contribution in [0.25, 0.3) is 0 Å². The number of hydrogen-bond donors (Lipinski definition) is 3. The molecule has 1 aromatic rings. The van der Waals surface area contributed by atoms with Gasteiger partial charge in [-0.05, 0) is 47.0 Å². The fourth-order valence-corrected chi connectivity index (χ4v) is 2.43. The summed E-state index contributed by atoms with van der Waals surface area (Å²) in [5, 5.41) is 14.4. The van der Waals surface area contributed by atoms with Crippen molar-refractivity contribution in [3.05, 3.63) is 28.2 Å². The summed E-state index contributed by atoms with van der Waals surface area (Å²) in [4.78, 5) is 22.7. The van der Waals surface area contributed by atoms with Gasteiger partial charge in [-0.3, -0.25) is 0 Å². The maximum Gasteiger partial charge on any atom is 0.335 e. The molecule has 1 fully saturated rings. The zero-order chi connectivity index (χ0) is 14.5. The molecule has 2 amide bonds. The molecule has 1 atom stereocenters. The van der Waals surface area contributed by atoms with Crippen LogP contribution < -0.4 is 10.6 Å². The van der Waals surface area contributed by atoms with Crippen LogP contribution in [0.2, 0.25) is 0 Å². The smallest absolute Gasteiger partial charge is 0.335 e. The molecule has 0 aromatic heterocycles. The quantitative estimate of drug-likeness (QED) is 0.787. The summed E-state index contributed by atoms with van der Waals surface area (Å²) in [7, 11) is 0. The van der Waals surface area contributed by atoms with Gasteiger partial charge in [0.1, 0.15) is 0 Å². The highest BCUT2D eigenvalue weighted by atomic mass is 79.9. The van der Waals surface area contributed by atoms with Gasteiger partial charge in [0.05, 0.1) is 23.9 Å². The Kier molecular flexibility index (Phi) is 4.97. The van der Waals surface area contributed by atoms with Crippen LogP contribution in [0.5, 0.6) is 0 Å². The molecule has 0 aliphatic carbocycles. The molecular weight excluding hydrogens is 328 g/mol. The monoisotopic (exact) mass is 342 g/mol. The normalized spacial score (nSPS) is 18.4. The number of carboxylic acids is 1. The van der Waals surface area contributed by atoms with Gasteiger partial charge >= 0.3 is 12.0 Å². The summed E-state index contributed by atoms with van der Waals surface area (Å²) >= 11 is 3.24. The van der Waals surface area contributed by atoms with Gasteiger partial charge in [-0.1, -0.05) is 0 Å². The molecule has 0 radical (unpaired) electrons. The molecule has 7 heteroatoms. The second kappa shape index (κ2) is 6.71. The van der Waals surface area contributed by atoms with Crippen LogP contribution in [0.1, 0.15) is 23.2 Å². The Hall–Kier alpha value is -1.60. The summed E-state index contributed by atoms with van der Waals surface area (Å²) in [5.41, 5.74) is 0.674. The van der Waals surface area contributed by atoms with E-state index in [1.807, 2.05) is 0 Å². The molecule has 1 aromatic carbocycles. The van der Waals surface area contributed by atoms with Crippen molar-refractivity contribution in [3.63, 3.8) is 0 Å². The van der Waals surface area contributed by atoms with Crippen molar-refractivity contribution in [1.29, 1.82) is 0 Å². The van der Waals surface area contributed by atoms with E-state index in [9.17, 15) is 9.59 Å². The highest BCUT2D eigenvalue weighted by Crippen LogP contribution is 2.23. The van der Waals surface area contributed by atoms with Crippen LogP contribution in [0.3, 0.4) is 0 Å². The molecule has 108 valence electrons. The van der Waals surface area contributed by atoms with Crippen molar-refractivity contribution in [3.8, 4) is 0 Å². The first-order valence-corrected chi connectivity index (χ1v) is 7.03. The second-order valence-corrected chi connectivity index (χ2v) is 5.37. The van der Waals surface area contributed by atoms with Crippen LogP contribution in [0.15, 0.2) is 22.7 Å². The van der Waals surface area contributed by atoms with Gasteiger partial charge in [0, 0.05) is 11.1 Å². The van der Waals surface area contributed by atoms with Crippen molar-refractivity contribution in [2.45, 2.75) is 18.9 Å². The van der Waals surface area contributed by atoms with Crippen LogP contribution in [0.4, 0.5) is 10.5 Å². The number of carboxylic acid groups (broad SMARTS) is 1. The predicted octanol–water partition coefficient (Wildman–Crippen LogP) is 2.45. The molecule has 0 bridgehead atoms. The fourth-order valence-electron chi connectivity index (χ4n) is 1.95. The Bertz CT molecular complexity index is 515. The Balaban J connectivity index is 1.95. The number of halogens is 1. The first kappa shape index (κ1) is 14.8. The third-order valence-electron chi connectivity index (χ3n) is 2.96. The summed E-state index contributed by atoms with van der Waals surface area (Å²) in [6.07, 6.45) is 1.83. The molecular formula is C13H15BrN2O4. The van der Waals surface area contributed by atoms with Gasteiger partial charge in [0.2, 0.25) is 0 Å². The summed E-state index contributed by atoms with van der Waals surface area (Å²) in [5.74, 6) is -1.01. The number of amides is 2. The van der Waals surface area contributed by atoms with Gasteiger partial charge < -0.3 is 20.5 Å². The summed E-state index contributed by atoms with van der Waals surface area (Å²) in [6.45, 7) is 1.26. The predicted molar refractivity (Wildman–Crippen MR) is 77.1 cm³/mol. The maximum atomic E-state index is 11.8. The lowest BCUT2D eigenvalue weighted by atomic mass is 10.1. The van der Waals surface area contributed by atoms with Crippen molar-refractivity contribution in [1.82, 2.24) is 5.32 Å².